The standard InChI is InChI=1S/C15H26Si/c1-6-9-16(4,5)11-12-7-8-13-10-14(12)15(13,2)3/h12-14H,7-8,10-11H2,1-5H3/t12?,13-,14-/m1/s1. The van der Waals surface area contributed by atoms with Crippen LogP contribution in [-0.4, -0.2) is 8.07 Å². The largest absolute Gasteiger partial charge is 0.132 e. The molecule has 3 aliphatic carbocycles. The molecule has 0 aromatic heterocycles. The van der Waals surface area contributed by atoms with Crippen LogP contribution in [0.3, 0.4) is 0 Å². The lowest BCUT2D eigenvalue weighted by molar-refractivity contribution is -0.0990. The van der Waals surface area contributed by atoms with Crippen molar-refractivity contribution in [3.05, 3.63) is 0 Å². The summed E-state index contributed by atoms with van der Waals surface area (Å²) in [5, 5.41) is 0. The topological polar surface area (TPSA) is 0 Å². The van der Waals surface area contributed by atoms with E-state index >= 15 is 0 Å². The van der Waals surface area contributed by atoms with Gasteiger partial charge in [0.2, 0.25) is 0 Å². The molecular formula is C15H26Si. The molecule has 0 N–H and O–H groups in total. The first-order valence-corrected chi connectivity index (χ1v) is 10.0. The van der Waals surface area contributed by atoms with Crippen LogP contribution >= 0.6 is 0 Å². The van der Waals surface area contributed by atoms with Crippen LogP contribution in [0.15, 0.2) is 0 Å². The van der Waals surface area contributed by atoms with Gasteiger partial charge in [0.25, 0.3) is 0 Å². The van der Waals surface area contributed by atoms with Gasteiger partial charge in [-0.1, -0.05) is 33.4 Å². The van der Waals surface area contributed by atoms with Gasteiger partial charge < -0.3 is 0 Å². The lowest BCUT2D eigenvalue weighted by atomic mass is 9.46. The van der Waals surface area contributed by atoms with Crippen molar-refractivity contribution < 1.29 is 0 Å². The Labute approximate surface area is 102 Å². The van der Waals surface area contributed by atoms with E-state index in [0.717, 1.165) is 17.8 Å². The predicted octanol–water partition coefficient (Wildman–Crippen LogP) is 4.33. The maximum atomic E-state index is 3.52. The van der Waals surface area contributed by atoms with Gasteiger partial charge in [-0.05, 0) is 49.0 Å². The number of rotatable bonds is 2. The molecule has 1 unspecified atom stereocenters. The van der Waals surface area contributed by atoms with Crippen LogP contribution in [0.1, 0.15) is 40.0 Å². The van der Waals surface area contributed by atoms with Crippen molar-refractivity contribution in [2.24, 2.45) is 23.2 Å². The van der Waals surface area contributed by atoms with Crippen LogP contribution < -0.4 is 0 Å². The SMILES string of the molecule is CC#C[Si](C)(C)CC1CC[C@@H]2C[C@H]1C2(C)C. The Kier molecular flexibility index (Phi) is 2.99. The van der Waals surface area contributed by atoms with E-state index in [1.807, 2.05) is 6.92 Å². The molecule has 0 heterocycles. The molecule has 16 heavy (non-hydrogen) atoms. The number of hydrogen-bond acceptors (Lipinski definition) is 0. The second-order valence-corrected chi connectivity index (χ2v) is 11.6. The Morgan fingerprint density at radius 1 is 1.25 bits per heavy atom. The van der Waals surface area contributed by atoms with Gasteiger partial charge in [0.1, 0.15) is 8.07 Å². The van der Waals surface area contributed by atoms with Crippen molar-refractivity contribution in [1.29, 1.82) is 0 Å². The Morgan fingerprint density at radius 3 is 2.44 bits per heavy atom. The molecule has 1 heteroatoms. The Bertz CT molecular complexity index is 327. The summed E-state index contributed by atoms with van der Waals surface area (Å²) < 4.78 is 0. The average Bonchev–Trinajstić information content (AvgIpc) is 2.16. The maximum Gasteiger partial charge on any atom is 0.132 e. The minimum absolute atomic E-state index is 0.646. The highest BCUT2D eigenvalue weighted by Crippen LogP contribution is 2.62. The third-order valence-electron chi connectivity index (χ3n) is 5.24. The predicted molar refractivity (Wildman–Crippen MR) is 73.8 cm³/mol. The van der Waals surface area contributed by atoms with E-state index < -0.39 is 8.07 Å². The molecule has 0 saturated heterocycles. The first-order chi connectivity index (χ1) is 7.37. The van der Waals surface area contributed by atoms with E-state index in [9.17, 15) is 0 Å². The van der Waals surface area contributed by atoms with Crippen LogP contribution in [0, 0.1) is 34.6 Å². The third kappa shape index (κ3) is 1.97. The first-order valence-electron chi connectivity index (χ1n) is 6.81. The van der Waals surface area contributed by atoms with E-state index in [4.69, 9.17) is 0 Å². The summed E-state index contributed by atoms with van der Waals surface area (Å²) in [4.78, 5) is 0. The molecule has 0 spiro atoms. The summed E-state index contributed by atoms with van der Waals surface area (Å²) >= 11 is 0. The molecule has 3 atom stereocenters. The Balaban J connectivity index is 2.03. The second-order valence-electron chi connectivity index (χ2n) is 7.16. The van der Waals surface area contributed by atoms with Gasteiger partial charge in [-0.25, -0.2) is 0 Å². The van der Waals surface area contributed by atoms with Crippen LogP contribution in [0.2, 0.25) is 19.1 Å². The van der Waals surface area contributed by atoms with E-state index in [2.05, 4.69) is 38.4 Å². The summed E-state index contributed by atoms with van der Waals surface area (Å²) in [5.74, 6) is 6.19. The first kappa shape index (κ1) is 12.2. The minimum Gasteiger partial charge on any atom is -0.132 e. The minimum atomic E-state index is -1.23. The van der Waals surface area contributed by atoms with Gasteiger partial charge in [-0.2, -0.15) is 0 Å². The zero-order valence-corrected chi connectivity index (χ0v) is 12.6. The molecule has 0 aromatic rings. The van der Waals surface area contributed by atoms with Crippen molar-refractivity contribution in [1.82, 2.24) is 0 Å². The van der Waals surface area contributed by atoms with Crippen LogP contribution in [0.4, 0.5) is 0 Å². The van der Waals surface area contributed by atoms with Crippen molar-refractivity contribution in [2.75, 3.05) is 0 Å². The molecule has 0 aliphatic heterocycles. The highest BCUT2D eigenvalue weighted by atomic mass is 28.3. The van der Waals surface area contributed by atoms with Gasteiger partial charge >= 0.3 is 0 Å². The van der Waals surface area contributed by atoms with Gasteiger partial charge in [0.05, 0.1) is 0 Å². The van der Waals surface area contributed by atoms with E-state index in [1.165, 1.54) is 25.3 Å². The Morgan fingerprint density at radius 2 is 1.94 bits per heavy atom. The molecule has 3 fully saturated rings. The molecule has 3 rings (SSSR count). The quantitative estimate of drug-likeness (QED) is 0.493. The van der Waals surface area contributed by atoms with Crippen molar-refractivity contribution in [3.8, 4) is 11.5 Å². The van der Waals surface area contributed by atoms with Gasteiger partial charge in [0.15, 0.2) is 0 Å². The van der Waals surface area contributed by atoms with Crippen LogP contribution in [0.25, 0.3) is 0 Å². The highest BCUT2D eigenvalue weighted by Gasteiger charge is 2.54. The summed E-state index contributed by atoms with van der Waals surface area (Å²) in [6.07, 6.45) is 4.49. The maximum absolute atomic E-state index is 3.52. The zero-order chi connectivity index (χ0) is 12.0. The number of hydrogen-bond donors (Lipinski definition) is 0. The van der Waals surface area contributed by atoms with E-state index in [0.29, 0.717) is 5.41 Å². The van der Waals surface area contributed by atoms with Crippen LogP contribution in [0.5, 0.6) is 0 Å². The number of fused-ring (bicyclic) bond motifs is 2. The summed E-state index contributed by atoms with van der Waals surface area (Å²) in [5.41, 5.74) is 4.17. The van der Waals surface area contributed by atoms with Crippen molar-refractivity contribution in [3.63, 3.8) is 0 Å². The molecule has 0 nitrogen and oxygen atoms in total. The molecule has 0 aromatic carbocycles. The molecule has 3 aliphatic rings. The fourth-order valence-electron chi connectivity index (χ4n) is 4.25. The highest BCUT2D eigenvalue weighted by molar-refractivity contribution is 6.85. The Hall–Kier alpha value is -0.223. The summed E-state index contributed by atoms with van der Waals surface area (Å²) in [6, 6.07) is 1.44. The third-order valence-corrected chi connectivity index (χ3v) is 7.71. The molecular weight excluding hydrogens is 208 g/mol. The van der Waals surface area contributed by atoms with Gasteiger partial charge in [-0.3, -0.25) is 0 Å². The summed E-state index contributed by atoms with van der Waals surface area (Å²) in [6.45, 7) is 11.9. The lowest BCUT2D eigenvalue weighted by Gasteiger charge is -2.60. The molecule has 3 saturated carbocycles. The fourth-order valence-corrected chi connectivity index (χ4v) is 6.83. The molecule has 0 amide bonds. The second kappa shape index (κ2) is 3.91. The lowest BCUT2D eigenvalue weighted by Crippen LogP contribution is -2.53. The van der Waals surface area contributed by atoms with Crippen molar-refractivity contribution >= 4 is 8.07 Å². The van der Waals surface area contributed by atoms with E-state index in [1.54, 1.807) is 0 Å². The average molecular weight is 234 g/mol. The zero-order valence-electron chi connectivity index (χ0n) is 11.6. The molecule has 2 bridgehead atoms. The smallest absolute Gasteiger partial charge is 0.132 e. The fraction of sp³-hybridized carbons (Fsp3) is 0.867. The normalized spacial score (nSPS) is 35.9. The molecule has 0 radical (unpaired) electrons. The van der Waals surface area contributed by atoms with Crippen molar-refractivity contribution in [2.45, 2.75) is 59.2 Å². The summed E-state index contributed by atoms with van der Waals surface area (Å²) in [7, 11) is -1.23. The monoisotopic (exact) mass is 234 g/mol. The van der Waals surface area contributed by atoms with Gasteiger partial charge in [0, 0.05) is 0 Å². The van der Waals surface area contributed by atoms with Crippen LogP contribution in [-0.2, 0) is 0 Å². The molecule has 90 valence electrons. The van der Waals surface area contributed by atoms with E-state index in [-0.39, 0.29) is 0 Å². The van der Waals surface area contributed by atoms with Gasteiger partial charge in [-0.15, -0.1) is 11.5 Å².